The highest BCUT2D eigenvalue weighted by molar-refractivity contribution is 5.95. The Morgan fingerprint density at radius 1 is 0.683 bits per heavy atom. The van der Waals surface area contributed by atoms with Crippen molar-refractivity contribution in [2.75, 3.05) is 13.2 Å². The average Bonchev–Trinajstić information content (AvgIpc) is 3.01. The van der Waals surface area contributed by atoms with Crippen LogP contribution in [0.25, 0.3) is 11.1 Å². The van der Waals surface area contributed by atoms with E-state index >= 15 is 0 Å². The molecule has 0 aromatic heterocycles. The van der Waals surface area contributed by atoms with Crippen molar-refractivity contribution in [3.63, 3.8) is 0 Å². The summed E-state index contributed by atoms with van der Waals surface area (Å²) in [6.45, 7) is 3.49. The monoisotopic (exact) mass is 546 g/mol. The Kier molecular flexibility index (Phi) is 9.72. The molecule has 0 unspecified atom stereocenters. The Balaban J connectivity index is 1.40. The molecule has 41 heavy (non-hydrogen) atoms. The van der Waals surface area contributed by atoms with Gasteiger partial charge in [0.05, 0.1) is 0 Å². The summed E-state index contributed by atoms with van der Waals surface area (Å²) in [5.41, 5.74) is 4.95. The van der Waals surface area contributed by atoms with E-state index in [9.17, 15) is 20.1 Å². The second-order valence-corrected chi connectivity index (χ2v) is 11.1. The molecule has 0 radical (unpaired) electrons. The van der Waals surface area contributed by atoms with Crippen molar-refractivity contribution in [1.29, 1.82) is 10.5 Å². The number of allylic oxidation sites excluding steroid dienone is 6. The Labute approximate surface area is 241 Å². The fourth-order valence-corrected chi connectivity index (χ4v) is 5.01. The number of carbonyl (C=O) groups excluding carboxylic acids is 2. The number of ether oxygens (including phenoxy) is 2. The summed E-state index contributed by atoms with van der Waals surface area (Å²) in [5, 5.41) is 19.5. The predicted octanol–water partition coefficient (Wildman–Crippen LogP) is 7.27. The lowest BCUT2D eigenvalue weighted by Crippen LogP contribution is -2.29. The Hall–Kier alpha value is -4.68. The maximum atomic E-state index is 12.9. The van der Waals surface area contributed by atoms with Gasteiger partial charge in [0.1, 0.15) is 36.5 Å². The standard InChI is InChI=1S/C35H34N2O4/c1-35(2,23-40-33(38)31(21-36)29-17-9-15-27(19-29)25-11-5-3-6-12-25)24-41-34(39)32(22-37)30-18-10-16-28(20-30)26-13-7-4-8-14-26/h3-8,11-14,19-20H,9-10,15-18,23-24H2,1-2H3/b31-29+,32-30+. The molecule has 0 aliphatic heterocycles. The Bertz CT molecular complexity index is 1380. The van der Waals surface area contributed by atoms with Crippen LogP contribution in [0.15, 0.2) is 95.1 Å². The molecule has 0 bridgehead atoms. The van der Waals surface area contributed by atoms with E-state index in [1.165, 1.54) is 0 Å². The van der Waals surface area contributed by atoms with Crippen molar-refractivity contribution in [1.82, 2.24) is 0 Å². The van der Waals surface area contributed by atoms with Gasteiger partial charge in [0, 0.05) is 5.41 Å². The van der Waals surface area contributed by atoms with Crippen LogP contribution in [0.4, 0.5) is 0 Å². The molecule has 2 aromatic carbocycles. The second kappa shape index (κ2) is 13.6. The summed E-state index contributed by atoms with van der Waals surface area (Å²) in [6.07, 6.45) is 8.54. The number of benzene rings is 2. The summed E-state index contributed by atoms with van der Waals surface area (Å²) in [4.78, 5) is 25.8. The van der Waals surface area contributed by atoms with E-state index in [-0.39, 0.29) is 24.4 Å². The van der Waals surface area contributed by atoms with Crippen molar-refractivity contribution in [2.24, 2.45) is 5.41 Å². The minimum Gasteiger partial charge on any atom is -0.461 e. The number of esters is 2. The van der Waals surface area contributed by atoms with Gasteiger partial charge in [-0.05, 0) is 71.9 Å². The Morgan fingerprint density at radius 2 is 1.07 bits per heavy atom. The predicted molar refractivity (Wildman–Crippen MR) is 158 cm³/mol. The highest BCUT2D eigenvalue weighted by Gasteiger charge is 2.27. The first-order valence-corrected chi connectivity index (χ1v) is 13.9. The van der Waals surface area contributed by atoms with Crippen LogP contribution in [0, 0.1) is 28.1 Å². The number of carbonyl (C=O) groups is 2. The normalized spacial score (nSPS) is 17.7. The molecule has 2 aliphatic carbocycles. The van der Waals surface area contributed by atoms with Gasteiger partial charge in [-0.1, -0.05) is 86.7 Å². The minimum atomic E-state index is -0.725. The number of nitriles is 2. The van der Waals surface area contributed by atoms with Gasteiger partial charge in [0.15, 0.2) is 0 Å². The number of hydrogen-bond acceptors (Lipinski definition) is 6. The lowest BCUT2D eigenvalue weighted by molar-refractivity contribution is -0.147. The van der Waals surface area contributed by atoms with Crippen LogP contribution >= 0.6 is 0 Å². The lowest BCUT2D eigenvalue weighted by Gasteiger charge is -2.24. The first-order chi connectivity index (χ1) is 19.8. The average molecular weight is 547 g/mol. The number of rotatable bonds is 8. The van der Waals surface area contributed by atoms with Crippen LogP contribution in [-0.4, -0.2) is 25.2 Å². The summed E-state index contributed by atoms with van der Waals surface area (Å²) in [5.74, 6) is -1.37. The fraction of sp³-hybridized carbons (Fsp3) is 0.314. The molecular weight excluding hydrogens is 512 g/mol. The molecule has 0 N–H and O–H groups in total. The van der Waals surface area contributed by atoms with Crippen LogP contribution in [0.2, 0.25) is 0 Å². The summed E-state index contributed by atoms with van der Waals surface area (Å²) in [7, 11) is 0. The van der Waals surface area contributed by atoms with E-state index < -0.39 is 17.4 Å². The molecule has 0 spiro atoms. The maximum absolute atomic E-state index is 12.9. The smallest absolute Gasteiger partial charge is 0.349 e. The van der Waals surface area contributed by atoms with E-state index in [0.29, 0.717) is 24.0 Å². The van der Waals surface area contributed by atoms with Gasteiger partial charge < -0.3 is 9.47 Å². The zero-order chi connectivity index (χ0) is 29.2. The van der Waals surface area contributed by atoms with E-state index in [2.05, 4.69) is 0 Å². The highest BCUT2D eigenvalue weighted by Crippen LogP contribution is 2.33. The molecule has 2 aliphatic rings. The molecule has 6 heteroatoms. The second-order valence-electron chi connectivity index (χ2n) is 11.1. The van der Waals surface area contributed by atoms with Crippen LogP contribution in [0.5, 0.6) is 0 Å². The van der Waals surface area contributed by atoms with Gasteiger partial charge in [-0.15, -0.1) is 0 Å². The zero-order valence-corrected chi connectivity index (χ0v) is 23.6. The van der Waals surface area contributed by atoms with Crippen LogP contribution < -0.4 is 0 Å². The van der Waals surface area contributed by atoms with Crippen LogP contribution in [0.1, 0.15) is 63.5 Å². The Morgan fingerprint density at radius 3 is 1.44 bits per heavy atom. The van der Waals surface area contributed by atoms with Crippen LogP contribution in [0.3, 0.4) is 0 Å². The van der Waals surface area contributed by atoms with E-state index in [0.717, 1.165) is 48.0 Å². The highest BCUT2D eigenvalue weighted by atomic mass is 16.5. The van der Waals surface area contributed by atoms with Crippen molar-refractivity contribution in [2.45, 2.75) is 52.4 Å². The summed E-state index contributed by atoms with van der Waals surface area (Å²) in [6, 6.07) is 23.9. The van der Waals surface area contributed by atoms with E-state index in [1.54, 1.807) is 13.8 Å². The molecule has 0 atom stereocenters. The van der Waals surface area contributed by atoms with Gasteiger partial charge in [-0.3, -0.25) is 0 Å². The minimum absolute atomic E-state index is 0.000678. The number of hydrogen-bond donors (Lipinski definition) is 0. The van der Waals surface area contributed by atoms with E-state index in [4.69, 9.17) is 9.47 Å². The van der Waals surface area contributed by atoms with Gasteiger partial charge in [-0.25, -0.2) is 9.59 Å². The third-order valence-corrected chi connectivity index (χ3v) is 7.23. The molecule has 0 amide bonds. The molecular formula is C35H34N2O4. The molecule has 208 valence electrons. The molecule has 0 saturated heterocycles. The maximum Gasteiger partial charge on any atom is 0.349 e. The van der Waals surface area contributed by atoms with Crippen molar-refractivity contribution in [3.8, 4) is 12.1 Å². The quantitative estimate of drug-likeness (QED) is 0.196. The molecule has 0 saturated carbocycles. The lowest BCUT2D eigenvalue weighted by atomic mass is 9.88. The summed E-state index contributed by atoms with van der Waals surface area (Å²) >= 11 is 0. The summed E-state index contributed by atoms with van der Waals surface area (Å²) < 4.78 is 11.1. The molecule has 2 aromatic rings. The zero-order valence-electron chi connectivity index (χ0n) is 23.6. The first kappa shape index (κ1) is 29.3. The molecule has 0 fully saturated rings. The van der Waals surface area contributed by atoms with Gasteiger partial charge in [0.2, 0.25) is 0 Å². The van der Waals surface area contributed by atoms with Gasteiger partial charge >= 0.3 is 11.9 Å². The SMILES string of the molecule is CC(C)(COC(=O)/C(C#N)=C1/C=C(c2ccccc2)CCC1)COC(=O)/C(C#N)=C1/C=C(c2ccccc2)CCC1. The molecule has 0 heterocycles. The van der Waals surface area contributed by atoms with E-state index in [1.807, 2.05) is 85.0 Å². The third-order valence-electron chi connectivity index (χ3n) is 7.23. The molecule has 4 rings (SSSR count). The number of nitrogens with zero attached hydrogens (tertiary/aromatic N) is 2. The van der Waals surface area contributed by atoms with Gasteiger partial charge in [0.25, 0.3) is 0 Å². The molecule has 6 nitrogen and oxygen atoms in total. The van der Waals surface area contributed by atoms with Crippen molar-refractivity contribution >= 4 is 23.1 Å². The van der Waals surface area contributed by atoms with Crippen molar-refractivity contribution in [3.05, 3.63) is 106 Å². The fourth-order valence-electron chi connectivity index (χ4n) is 5.01. The largest absolute Gasteiger partial charge is 0.461 e. The van der Waals surface area contributed by atoms with Crippen LogP contribution in [-0.2, 0) is 19.1 Å². The topological polar surface area (TPSA) is 100 Å². The van der Waals surface area contributed by atoms with Crippen molar-refractivity contribution < 1.29 is 19.1 Å². The van der Waals surface area contributed by atoms with Gasteiger partial charge in [-0.2, -0.15) is 10.5 Å². The first-order valence-electron chi connectivity index (χ1n) is 13.9. The third kappa shape index (κ3) is 7.71.